The summed E-state index contributed by atoms with van der Waals surface area (Å²) in [4.78, 5) is 45.5. The van der Waals surface area contributed by atoms with Crippen LogP contribution in [0.15, 0.2) is 121 Å². The van der Waals surface area contributed by atoms with Crippen molar-refractivity contribution >= 4 is 23.9 Å². The third kappa shape index (κ3) is 14.7. The van der Waals surface area contributed by atoms with Crippen LogP contribution in [-0.2, 0) is 27.4 Å². The van der Waals surface area contributed by atoms with Gasteiger partial charge in [-0.1, -0.05) is 108 Å². The van der Waals surface area contributed by atoms with E-state index in [-0.39, 0.29) is 34.8 Å². The number of aryl methyl sites for hydroxylation is 1. The van der Waals surface area contributed by atoms with Crippen molar-refractivity contribution in [3.8, 4) is 11.5 Å². The van der Waals surface area contributed by atoms with Crippen LogP contribution in [0.3, 0.4) is 0 Å². The van der Waals surface area contributed by atoms with Crippen LogP contribution < -0.4 is 9.47 Å². The van der Waals surface area contributed by atoms with Gasteiger partial charge in [-0.2, -0.15) is 0 Å². The Hall–Kier alpha value is -5.76. The van der Waals surface area contributed by atoms with Gasteiger partial charge in [-0.05, 0) is 90.8 Å². The molecular weight excluding hydrogens is 644 g/mol. The van der Waals surface area contributed by atoms with Gasteiger partial charge in [-0.25, -0.2) is 19.2 Å². The van der Waals surface area contributed by atoms with Crippen LogP contribution in [0.2, 0.25) is 0 Å². The van der Waals surface area contributed by atoms with E-state index in [2.05, 4.69) is 72.0 Å². The van der Waals surface area contributed by atoms with Crippen LogP contribution in [0.25, 0.3) is 0 Å². The van der Waals surface area contributed by atoms with Crippen LogP contribution in [0.4, 0.5) is 0 Å². The topological polar surface area (TPSA) is 116 Å². The molecule has 0 aromatic heterocycles. The second-order valence-electron chi connectivity index (χ2n) is 12.4. The second-order valence-corrected chi connectivity index (χ2v) is 12.4. The molecular formula is C43H48O8. The van der Waals surface area contributed by atoms with Crippen LogP contribution in [0.1, 0.15) is 103 Å². The molecule has 0 aliphatic heterocycles. The highest BCUT2D eigenvalue weighted by atomic mass is 16.5. The largest absolute Gasteiger partial charge is 0.478 e. The molecule has 0 heterocycles. The predicted molar refractivity (Wildman–Crippen MR) is 200 cm³/mol. The van der Waals surface area contributed by atoms with Gasteiger partial charge in [0.05, 0.1) is 11.1 Å². The molecule has 0 atom stereocenters. The summed E-state index contributed by atoms with van der Waals surface area (Å²) in [6.07, 6.45) is 1.14. The first kappa shape index (κ1) is 41.4. The van der Waals surface area contributed by atoms with Crippen LogP contribution in [0, 0.1) is 0 Å². The molecule has 4 aromatic rings. The summed E-state index contributed by atoms with van der Waals surface area (Å²) in [5.41, 5.74) is 5.96. The van der Waals surface area contributed by atoms with E-state index in [1.54, 1.807) is 25.1 Å². The van der Waals surface area contributed by atoms with Gasteiger partial charge in [0, 0.05) is 11.1 Å². The van der Waals surface area contributed by atoms with Crippen molar-refractivity contribution in [3.05, 3.63) is 155 Å². The highest BCUT2D eigenvalue weighted by Crippen LogP contribution is 2.19. The van der Waals surface area contributed by atoms with E-state index < -0.39 is 23.9 Å². The Balaban J connectivity index is 0.000000293. The highest BCUT2D eigenvalue weighted by molar-refractivity contribution is 5.92. The molecule has 0 radical (unpaired) electrons. The maximum atomic E-state index is 12.2. The maximum absolute atomic E-state index is 12.2. The van der Waals surface area contributed by atoms with Crippen molar-refractivity contribution < 1.29 is 38.5 Å². The molecule has 0 spiro atoms. The number of esters is 3. The van der Waals surface area contributed by atoms with Gasteiger partial charge in [0.1, 0.15) is 18.1 Å². The van der Waals surface area contributed by atoms with Gasteiger partial charge in [0.15, 0.2) is 0 Å². The highest BCUT2D eigenvalue weighted by Gasteiger charge is 2.12. The van der Waals surface area contributed by atoms with Crippen molar-refractivity contribution in [1.29, 1.82) is 0 Å². The molecule has 0 aliphatic rings. The molecule has 51 heavy (non-hydrogen) atoms. The van der Waals surface area contributed by atoms with Gasteiger partial charge in [-0.15, -0.1) is 0 Å². The molecule has 8 nitrogen and oxygen atoms in total. The van der Waals surface area contributed by atoms with E-state index in [9.17, 15) is 19.2 Å². The van der Waals surface area contributed by atoms with Gasteiger partial charge in [-0.3, -0.25) is 0 Å². The quantitative estimate of drug-likeness (QED) is 0.0938. The van der Waals surface area contributed by atoms with Crippen LogP contribution in [-0.4, -0.2) is 29.0 Å². The molecule has 0 fully saturated rings. The minimum atomic E-state index is -1.07. The minimum absolute atomic E-state index is 0.0713. The Morgan fingerprint density at radius 1 is 0.627 bits per heavy atom. The fraction of sp³-hybridized carbons (Fsp3) is 0.256. The van der Waals surface area contributed by atoms with E-state index >= 15 is 0 Å². The Morgan fingerprint density at radius 2 is 1.04 bits per heavy atom. The van der Waals surface area contributed by atoms with Crippen LogP contribution in [0.5, 0.6) is 11.5 Å². The number of aromatic carboxylic acids is 1. The SMILES string of the molecule is C=C(C)C(=O)Oc1cccc(C(=O)O)c1.C=C(C)C(=O)Oc1cccc(C(=O)OCc2ccc(C(C)C)cc2)c1.CCc1ccc(C(C)C)cc1. The van der Waals surface area contributed by atoms with Crippen molar-refractivity contribution in [2.75, 3.05) is 0 Å². The van der Waals surface area contributed by atoms with Gasteiger partial charge in [0.25, 0.3) is 0 Å². The van der Waals surface area contributed by atoms with E-state index in [1.807, 2.05) is 24.3 Å². The summed E-state index contributed by atoms with van der Waals surface area (Å²) in [6, 6.07) is 28.9. The molecule has 8 heteroatoms. The van der Waals surface area contributed by atoms with E-state index in [1.165, 1.54) is 53.9 Å². The number of carboxylic acid groups (broad SMARTS) is 1. The average molecular weight is 693 g/mol. The van der Waals surface area contributed by atoms with Crippen molar-refractivity contribution in [1.82, 2.24) is 0 Å². The Kier molecular flexibility index (Phi) is 16.8. The number of rotatable bonds is 11. The zero-order valence-corrected chi connectivity index (χ0v) is 30.5. The van der Waals surface area contributed by atoms with E-state index in [0.29, 0.717) is 17.4 Å². The predicted octanol–water partition coefficient (Wildman–Crippen LogP) is 9.89. The number of carbonyl (C=O) groups is 4. The number of hydrogen-bond donors (Lipinski definition) is 1. The van der Waals surface area contributed by atoms with Gasteiger partial charge in [0.2, 0.25) is 0 Å². The fourth-order valence-corrected chi connectivity index (χ4v) is 4.14. The smallest absolute Gasteiger partial charge is 0.338 e. The fourth-order valence-electron chi connectivity index (χ4n) is 4.14. The van der Waals surface area contributed by atoms with Crippen molar-refractivity contribution in [3.63, 3.8) is 0 Å². The molecule has 0 amide bonds. The number of carbonyl (C=O) groups excluding carboxylic acids is 3. The molecule has 0 saturated heterocycles. The average Bonchev–Trinajstić information content (AvgIpc) is 3.11. The summed E-state index contributed by atoms with van der Waals surface area (Å²) in [5.74, 6) is -1.05. The molecule has 0 bridgehead atoms. The van der Waals surface area contributed by atoms with Gasteiger partial charge < -0.3 is 19.3 Å². The Bertz CT molecular complexity index is 1800. The zero-order valence-electron chi connectivity index (χ0n) is 30.5. The molecule has 268 valence electrons. The minimum Gasteiger partial charge on any atom is -0.478 e. The summed E-state index contributed by atoms with van der Waals surface area (Å²) in [6.45, 7) is 21.1. The first-order chi connectivity index (χ1) is 24.1. The molecule has 4 rings (SSSR count). The number of benzene rings is 4. The number of carboxylic acids is 1. The first-order valence-corrected chi connectivity index (χ1v) is 16.6. The van der Waals surface area contributed by atoms with Crippen LogP contribution >= 0.6 is 0 Å². The molecule has 0 unspecified atom stereocenters. The lowest BCUT2D eigenvalue weighted by atomic mass is 10.0. The Morgan fingerprint density at radius 3 is 1.43 bits per heavy atom. The lowest BCUT2D eigenvalue weighted by Crippen LogP contribution is -2.09. The third-order valence-corrected chi connectivity index (χ3v) is 7.34. The first-order valence-electron chi connectivity index (χ1n) is 16.6. The van der Waals surface area contributed by atoms with E-state index in [0.717, 1.165) is 12.0 Å². The number of ether oxygens (including phenoxy) is 3. The number of hydrogen-bond acceptors (Lipinski definition) is 7. The lowest BCUT2D eigenvalue weighted by molar-refractivity contribution is -0.130. The molecule has 0 saturated carbocycles. The summed E-state index contributed by atoms with van der Waals surface area (Å²) in [5, 5.41) is 8.69. The summed E-state index contributed by atoms with van der Waals surface area (Å²) < 4.78 is 15.3. The standard InChI is InChI=1S/C21H22O4.C11H10O4.C11H16/c1-14(2)17-10-8-16(9-11-17)13-24-21(23)18-6-5-7-19(12-18)25-20(22)15(3)4;1-7(2)11(14)15-9-5-3-4-8(6-9)10(12)13;1-4-10-5-7-11(8-6-10)9(2)3/h5-12,14H,3,13H2,1-2,4H3;3-6H,1H2,2H3,(H,12,13);5-9H,4H2,1-3H3. The normalized spacial score (nSPS) is 10.1. The molecule has 4 aromatic carbocycles. The summed E-state index contributed by atoms with van der Waals surface area (Å²) in [7, 11) is 0. The lowest BCUT2D eigenvalue weighted by Gasteiger charge is -2.09. The Labute approximate surface area is 301 Å². The van der Waals surface area contributed by atoms with Crippen molar-refractivity contribution in [2.45, 2.75) is 73.3 Å². The molecule has 0 aliphatic carbocycles. The zero-order chi connectivity index (χ0) is 38.1. The maximum Gasteiger partial charge on any atom is 0.338 e. The summed E-state index contributed by atoms with van der Waals surface area (Å²) >= 11 is 0. The van der Waals surface area contributed by atoms with Gasteiger partial charge >= 0.3 is 23.9 Å². The van der Waals surface area contributed by atoms with E-state index in [4.69, 9.17) is 19.3 Å². The molecule has 1 N–H and O–H groups in total. The monoisotopic (exact) mass is 692 g/mol. The second kappa shape index (κ2) is 20.7. The van der Waals surface area contributed by atoms with Crippen molar-refractivity contribution in [2.24, 2.45) is 0 Å². The third-order valence-electron chi connectivity index (χ3n) is 7.34.